The van der Waals surface area contributed by atoms with Gasteiger partial charge in [0.1, 0.15) is 11.9 Å². The van der Waals surface area contributed by atoms with Gasteiger partial charge in [0.2, 0.25) is 5.91 Å². The van der Waals surface area contributed by atoms with Crippen molar-refractivity contribution in [3.05, 3.63) is 66.6 Å². The highest BCUT2D eigenvalue weighted by Gasteiger charge is 2.34. The van der Waals surface area contributed by atoms with Crippen molar-refractivity contribution in [2.24, 2.45) is 13.0 Å². The van der Waals surface area contributed by atoms with E-state index in [1.54, 1.807) is 53.8 Å². The van der Waals surface area contributed by atoms with E-state index in [0.717, 1.165) is 0 Å². The van der Waals surface area contributed by atoms with Gasteiger partial charge in [0.25, 0.3) is 10.0 Å². The predicted molar refractivity (Wildman–Crippen MR) is 154 cm³/mol. The van der Waals surface area contributed by atoms with Crippen molar-refractivity contribution in [1.29, 1.82) is 0 Å². The highest BCUT2D eigenvalue weighted by molar-refractivity contribution is 7.89. The van der Waals surface area contributed by atoms with Crippen molar-refractivity contribution in [1.82, 2.24) is 18.8 Å². The lowest BCUT2D eigenvalue weighted by molar-refractivity contribution is -0.134. The van der Waals surface area contributed by atoms with Gasteiger partial charge in [0, 0.05) is 49.7 Å². The topological polar surface area (TPSA) is 146 Å². The van der Waals surface area contributed by atoms with Gasteiger partial charge in [0.05, 0.1) is 31.9 Å². The van der Waals surface area contributed by atoms with E-state index in [1.807, 2.05) is 25.1 Å². The third kappa shape index (κ3) is 7.23. The zero-order valence-electron chi connectivity index (χ0n) is 23.5. The Labute approximate surface area is 240 Å². The average molecular weight is 585 g/mol. The van der Waals surface area contributed by atoms with E-state index in [9.17, 15) is 23.1 Å². The lowest BCUT2D eigenvalue weighted by Crippen LogP contribution is -2.48. The first kappa shape index (κ1) is 30.0. The number of amides is 3. The number of para-hydroxylation sites is 1. The minimum atomic E-state index is -3.89. The summed E-state index contributed by atoms with van der Waals surface area (Å²) in [5, 5.41) is 15.3. The minimum absolute atomic E-state index is 0.00542. The molecule has 3 atom stereocenters. The summed E-state index contributed by atoms with van der Waals surface area (Å²) < 4.78 is 35.5. The van der Waals surface area contributed by atoms with E-state index in [-0.39, 0.29) is 43.0 Å². The van der Waals surface area contributed by atoms with Crippen molar-refractivity contribution < 1.29 is 27.9 Å². The molecule has 3 aromatic rings. The number of nitrogens with zero attached hydrogens (tertiary/aromatic N) is 4. The number of fused-ring (bicyclic) bond motifs is 1. The molecule has 2 aromatic carbocycles. The Kier molecular flexibility index (Phi) is 9.31. The van der Waals surface area contributed by atoms with Crippen LogP contribution in [0.15, 0.2) is 66.1 Å². The highest BCUT2D eigenvalue weighted by Crippen LogP contribution is 2.30. The van der Waals surface area contributed by atoms with E-state index < -0.39 is 28.2 Å². The number of carbonyl (C=O) groups excluding carboxylic acids is 2. The summed E-state index contributed by atoms with van der Waals surface area (Å²) in [7, 11) is -0.741. The number of aryl methyl sites for hydroxylation is 1. The zero-order chi connectivity index (χ0) is 29.7. The molecular formula is C28H36N6O6S. The van der Waals surface area contributed by atoms with Crippen LogP contribution in [0.5, 0.6) is 5.75 Å². The number of aliphatic hydroxyl groups excluding tert-OH is 1. The number of aliphatic hydroxyl groups is 1. The maximum Gasteiger partial charge on any atom is 0.323 e. The predicted octanol–water partition coefficient (Wildman–Crippen LogP) is 2.53. The third-order valence-corrected chi connectivity index (χ3v) is 8.71. The smallest absolute Gasteiger partial charge is 0.323 e. The van der Waals surface area contributed by atoms with Crippen molar-refractivity contribution in [3.63, 3.8) is 0 Å². The molecule has 4 rings (SSSR count). The fourth-order valence-electron chi connectivity index (χ4n) is 4.57. The molecule has 0 radical (unpaired) electrons. The molecule has 3 N–H and O–H groups in total. The van der Waals surface area contributed by atoms with E-state index >= 15 is 0 Å². The van der Waals surface area contributed by atoms with Gasteiger partial charge in [-0.1, -0.05) is 25.1 Å². The van der Waals surface area contributed by atoms with Crippen LogP contribution < -0.4 is 15.4 Å². The standard InChI is InChI=1S/C28H36N6O6S/c1-19-14-34(20(2)17-35)27(36)13-21-12-23(31-28(37)30-22-8-6-5-7-9-22)10-11-24(21)40-25(19)15-33(4)41(38,39)26-16-32(3)18-29-26/h5-12,16,18-20,25,35H,13-15,17H2,1-4H3,(H2,30,31,37)/t19-,20+,25+/m1/s1. The van der Waals surface area contributed by atoms with Gasteiger partial charge in [-0.25, -0.2) is 18.2 Å². The molecule has 2 heterocycles. The Balaban J connectivity index is 1.62. The number of imidazole rings is 1. The van der Waals surface area contributed by atoms with Crippen LogP contribution in [-0.4, -0.2) is 83.1 Å². The van der Waals surface area contributed by atoms with Crippen molar-refractivity contribution in [3.8, 4) is 5.75 Å². The number of hydrogen-bond donors (Lipinski definition) is 3. The van der Waals surface area contributed by atoms with Gasteiger partial charge in [-0.2, -0.15) is 4.31 Å². The molecule has 0 aliphatic carbocycles. The number of sulfonamides is 1. The fourth-order valence-corrected chi connectivity index (χ4v) is 5.72. The largest absolute Gasteiger partial charge is 0.488 e. The minimum Gasteiger partial charge on any atom is -0.488 e. The number of carbonyl (C=O) groups is 2. The average Bonchev–Trinajstić information content (AvgIpc) is 3.40. The Morgan fingerprint density at radius 2 is 1.90 bits per heavy atom. The number of hydrogen-bond acceptors (Lipinski definition) is 7. The summed E-state index contributed by atoms with van der Waals surface area (Å²) in [5.74, 6) is -0.106. The number of nitrogens with one attached hydrogen (secondary N) is 2. The molecule has 12 nitrogen and oxygen atoms in total. The molecule has 41 heavy (non-hydrogen) atoms. The first-order chi connectivity index (χ1) is 19.5. The van der Waals surface area contributed by atoms with E-state index in [1.165, 1.54) is 23.9 Å². The van der Waals surface area contributed by atoms with Gasteiger partial charge in [-0.3, -0.25) is 4.79 Å². The summed E-state index contributed by atoms with van der Waals surface area (Å²) in [6.07, 6.45) is 2.18. The van der Waals surface area contributed by atoms with E-state index in [4.69, 9.17) is 4.74 Å². The Morgan fingerprint density at radius 3 is 2.56 bits per heavy atom. The first-order valence-corrected chi connectivity index (χ1v) is 14.7. The monoisotopic (exact) mass is 584 g/mol. The normalized spacial score (nSPS) is 18.5. The summed E-state index contributed by atoms with van der Waals surface area (Å²) in [5.41, 5.74) is 1.60. The fraction of sp³-hybridized carbons (Fsp3) is 0.393. The molecule has 1 aromatic heterocycles. The van der Waals surface area contributed by atoms with Crippen LogP contribution in [0, 0.1) is 5.92 Å². The number of aromatic nitrogens is 2. The van der Waals surface area contributed by atoms with Gasteiger partial charge in [-0.15, -0.1) is 0 Å². The van der Waals surface area contributed by atoms with Gasteiger partial charge < -0.3 is 29.9 Å². The van der Waals surface area contributed by atoms with E-state index in [0.29, 0.717) is 22.7 Å². The maximum atomic E-state index is 13.4. The highest BCUT2D eigenvalue weighted by atomic mass is 32.2. The summed E-state index contributed by atoms with van der Waals surface area (Å²) in [6, 6.07) is 13.1. The molecule has 1 aliphatic heterocycles. The molecule has 0 fully saturated rings. The summed E-state index contributed by atoms with van der Waals surface area (Å²) >= 11 is 0. The van der Waals surface area contributed by atoms with Crippen LogP contribution in [0.4, 0.5) is 16.2 Å². The molecule has 3 amide bonds. The van der Waals surface area contributed by atoms with Crippen LogP contribution in [0.1, 0.15) is 19.4 Å². The lowest BCUT2D eigenvalue weighted by atomic mass is 10.0. The zero-order valence-corrected chi connectivity index (χ0v) is 24.3. The number of rotatable bonds is 8. The summed E-state index contributed by atoms with van der Waals surface area (Å²) in [6.45, 7) is 3.65. The Hall–Kier alpha value is -3.94. The molecule has 220 valence electrons. The molecule has 0 spiro atoms. The van der Waals surface area contributed by atoms with Crippen LogP contribution in [-0.2, 0) is 28.3 Å². The number of ether oxygens (including phenoxy) is 1. The maximum absolute atomic E-state index is 13.4. The second-order valence-electron chi connectivity index (χ2n) is 10.3. The first-order valence-electron chi connectivity index (χ1n) is 13.2. The SMILES string of the molecule is C[C@@H]1CN([C@@H](C)CO)C(=O)Cc2cc(NC(=O)Nc3ccccc3)ccc2O[C@H]1CN(C)S(=O)(=O)c1cn(C)cn1. The van der Waals surface area contributed by atoms with Crippen LogP contribution in [0.25, 0.3) is 0 Å². The quantitative estimate of drug-likeness (QED) is 0.369. The van der Waals surface area contributed by atoms with Gasteiger partial charge >= 0.3 is 6.03 Å². The third-order valence-electron chi connectivity index (χ3n) is 7.00. The van der Waals surface area contributed by atoms with Crippen molar-refractivity contribution in [2.45, 2.75) is 37.4 Å². The van der Waals surface area contributed by atoms with Crippen molar-refractivity contribution >= 4 is 33.3 Å². The lowest BCUT2D eigenvalue weighted by Gasteiger charge is -2.33. The van der Waals surface area contributed by atoms with Crippen molar-refractivity contribution in [2.75, 3.05) is 37.4 Å². The Morgan fingerprint density at radius 1 is 1.20 bits per heavy atom. The number of benzene rings is 2. The number of likely N-dealkylation sites (N-methyl/N-ethyl adjacent to an activating group) is 1. The molecule has 13 heteroatoms. The summed E-state index contributed by atoms with van der Waals surface area (Å²) in [4.78, 5) is 31.6. The molecule has 1 aliphatic rings. The van der Waals surface area contributed by atoms with Gasteiger partial charge in [0.15, 0.2) is 5.03 Å². The van der Waals surface area contributed by atoms with Gasteiger partial charge in [-0.05, 0) is 37.3 Å². The number of urea groups is 1. The molecular weight excluding hydrogens is 548 g/mol. The van der Waals surface area contributed by atoms with Crippen LogP contribution >= 0.6 is 0 Å². The van der Waals surface area contributed by atoms with E-state index in [2.05, 4.69) is 15.6 Å². The molecule has 0 saturated carbocycles. The second-order valence-corrected chi connectivity index (χ2v) is 12.3. The number of anilines is 2. The second kappa shape index (κ2) is 12.7. The van der Waals surface area contributed by atoms with Crippen LogP contribution in [0.2, 0.25) is 0 Å². The molecule has 0 unspecified atom stereocenters. The van der Waals surface area contributed by atoms with Crippen LogP contribution in [0.3, 0.4) is 0 Å². The molecule has 0 saturated heterocycles. The Bertz CT molecular complexity index is 1480. The molecule has 0 bridgehead atoms.